The van der Waals surface area contributed by atoms with Crippen LogP contribution in [0, 0.1) is 5.92 Å². The Labute approximate surface area is 158 Å². The van der Waals surface area contributed by atoms with Crippen LogP contribution in [0.1, 0.15) is 6.92 Å². The molecule has 1 aromatic carbocycles. The van der Waals surface area contributed by atoms with Crippen LogP contribution in [0.25, 0.3) is 0 Å². The van der Waals surface area contributed by atoms with E-state index in [0.29, 0.717) is 23.8 Å². The second-order valence-electron chi connectivity index (χ2n) is 6.94. The fraction of sp³-hybridized carbons (Fsp3) is 0.444. The minimum absolute atomic E-state index is 0.291. The van der Waals surface area contributed by atoms with E-state index in [1.54, 1.807) is 0 Å². The molecule has 2 fully saturated rings. The van der Waals surface area contributed by atoms with Crippen LogP contribution in [0.5, 0.6) is 0 Å². The number of hydrogen-bond donors (Lipinski definition) is 3. The molecule has 3 heterocycles. The number of nitrogens with one attached hydrogen (secondary N) is 3. The summed E-state index contributed by atoms with van der Waals surface area (Å²) < 4.78 is 0. The van der Waals surface area contributed by atoms with Crippen molar-refractivity contribution in [3.63, 3.8) is 0 Å². The number of para-hydroxylation sites is 1. The topological polar surface area (TPSA) is 93.6 Å². The molecule has 0 bridgehead atoms. The van der Waals surface area contributed by atoms with E-state index in [4.69, 9.17) is 0 Å². The number of rotatable bonds is 4. The lowest BCUT2D eigenvalue weighted by molar-refractivity contribution is 0.311. The van der Waals surface area contributed by atoms with Gasteiger partial charge in [0.2, 0.25) is 11.9 Å². The van der Waals surface area contributed by atoms with Gasteiger partial charge in [0.25, 0.3) is 5.95 Å². The number of hydrazine groups is 1. The smallest absolute Gasteiger partial charge is 0.257 e. The molecule has 2 aliphatic heterocycles. The van der Waals surface area contributed by atoms with E-state index in [-0.39, 0.29) is 0 Å². The van der Waals surface area contributed by atoms with Gasteiger partial charge in [0, 0.05) is 44.3 Å². The lowest BCUT2D eigenvalue weighted by atomic mass is 10.2. The number of aromatic nitrogens is 3. The summed E-state index contributed by atoms with van der Waals surface area (Å²) in [4.78, 5) is 22.9. The fourth-order valence-corrected chi connectivity index (χ4v) is 3.02. The van der Waals surface area contributed by atoms with Crippen LogP contribution < -0.4 is 21.1 Å². The summed E-state index contributed by atoms with van der Waals surface area (Å²) in [7, 11) is 2.13. The molecule has 2 saturated heterocycles. The Bertz CT molecular complexity index is 800. The van der Waals surface area contributed by atoms with Crippen molar-refractivity contribution in [1.82, 2.24) is 30.7 Å². The van der Waals surface area contributed by atoms with E-state index in [9.17, 15) is 0 Å². The molecule has 142 valence electrons. The van der Waals surface area contributed by atoms with Gasteiger partial charge in [-0.3, -0.25) is 0 Å². The molecular formula is C18H25N9. The quantitative estimate of drug-likeness (QED) is 0.741. The Morgan fingerprint density at radius 2 is 1.85 bits per heavy atom. The maximum Gasteiger partial charge on any atom is 0.257 e. The maximum atomic E-state index is 4.64. The maximum absolute atomic E-state index is 4.64. The highest BCUT2D eigenvalue weighted by Gasteiger charge is 2.21. The summed E-state index contributed by atoms with van der Waals surface area (Å²) in [5.41, 5.74) is 7.11. The number of hydrogen-bond acceptors (Lipinski definition) is 8. The van der Waals surface area contributed by atoms with Crippen molar-refractivity contribution < 1.29 is 0 Å². The Balaban J connectivity index is 1.65. The van der Waals surface area contributed by atoms with E-state index in [2.05, 4.69) is 59.9 Å². The summed E-state index contributed by atoms with van der Waals surface area (Å²) in [6, 6.07) is 9.89. The van der Waals surface area contributed by atoms with Gasteiger partial charge in [0.05, 0.1) is 0 Å². The number of nitrogens with zero attached hydrogens (tertiary/aromatic N) is 6. The summed E-state index contributed by atoms with van der Waals surface area (Å²) in [6.07, 6.45) is 0. The summed E-state index contributed by atoms with van der Waals surface area (Å²) in [5.74, 6) is 2.71. The van der Waals surface area contributed by atoms with Crippen molar-refractivity contribution in [3.05, 3.63) is 30.3 Å². The third-order valence-electron chi connectivity index (χ3n) is 4.74. The van der Waals surface area contributed by atoms with Crippen molar-refractivity contribution in [1.29, 1.82) is 0 Å². The molecule has 9 nitrogen and oxygen atoms in total. The molecule has 0 radical (unpaired) electrons. The first-order valence-electron chi connectivity index (χ1n) is 9.26. The minimum atomic E-state index is 0.291. The number of benzene rings is 1. The Hall–Kier alpha value is -2.78. The highest BCUT2D eigenvalue weighted by molar-refractivity contribution is 5.87. The van der Waals surface area contributed by atoms with Gasteiger partial charge in [-0.15, -0.1) is 0 Å². The van der Waals surface area contributed by atoms with Crippen molar-refractivity contribution >= 4 is 29.4 Å². The van der Waals surface area contributed by atoms with E-state index in [1.807, 2.05) is 30.3 Å². The average molecular weight is 367 g/mol. The summed E-state index contributed by atoms with van der Waals surface area (Å²) >= 11 is 0. The molecule has 0 spiro atoms. The predicted molar refractivity (Wildman–Crippen MR) is 107 cm³/mol. The fourth-order valence-electron chi connectivity index (χ4n) is 3.02. The standard InChI is InChI=1S/C18H25N9/c1-13-12-19-25-15(13)21-17-22-16(20-14-6-4-3-5-7-14)23-18(24-17)27-10-8-26(2)9-11-27/h3-7,13,19H,8-12H2,1-2H3,(H2,20,21,22,23,24,25). The minimum Gasteiger partial charge on any atom is -0.338 e. The van der Waals surface area contributed by atoms with Gasteiger partial charge in [-0.05, 0) is 19.2 Å². The molecule has 4 rings (SSSR count). The molecule has 3 N–H and O–H groups in total. The highest BCUT2D eigenvalue weighted by Crippen LogP contribution is 2.20. The van der Waals surface area contributed by atoms with Crippen LogP contribution in [0.4, 0.5) is 23.5 Å². The highest BCUT2D eigenvalue weighted by atomic mass is 15.4. The molecule has 0 saturated carbocycles. The van der Waals surface area contributed by atoms with Gasteiger partial charge in [0.15, 0.2) is 0 Å². The average Bonchev–Trinajstić information content (AvgIpc) is 3.07. The third-order valence-corrected chi connectivity index (χ3v) is 4.74. The molecule has 0 aliphatic carbocycles. The number of amidine groups is 1. The third kappa shape index (κ3) is 4.32. The summed E-state index contributed by atoms with van der Waals surface area (Å²) in [6.45, 7) is 6.69. The Morgan fingerprint density at radius 3 is 2.56 bits per heavy atom. The summed E-state index contributed by atoms with van der Waals surface area (Å²) in [5, 5.41) is 3.26. The first-order chi connectivity index (χ1) is 13.2. The van der Waals surface area contributed by atoms with Crippen LogP contribution >= 0.6 is 0 Å². The predicted octanol–water partition coefficient (Wildman–Crippen LogP) is 1.14. The van der Waals surface area contributed by atoms with Crippen molar-refractivity contribution in [2.45, 2.75) is 6.92 Å². The van der Waals surface area contributed by atoms with Crippen molar-refractivity contribution in [2.24, 2.45) is 10.9 Å². The van der Waals surface area contributed by atoms with Crippen LogP contribution in [-0.4, -0.2) is 65.5 Å². The number of aliphatic imine (C=N–C) groups is 1. The van der Waals surface area contributed by atoms with Gasteiger partial charge < -0.3 is 20.5 Å². The van der Waals surface area contributed by atoms with Crippen LogP contribution in [-0.2, 0) is 0 Å². The van der Waals surface area contributed by atoms with Crippen molar-refractivity contribution in [2.75, 3.05) is 50.0 Å². The Morgan fingerprint density at radius 1 is 1.07 bits per heavy atom. The molecule has 1 aromatic heterocycles. The molecule has 9 heteroatoms. The lowest BCUT2D eigenvalue weighted by Gasteiger charge is -2.32. The number of likely N-dealkylation sites (N-methyl/N-ethyl adjacent to an activating group) is 1. The van der Waals surface area contributed by atoms with Gasteiger partial charge in [-0.1, -0.05) is 25.1 Å². The SMILES string of the molecule is CC1CNNC1=Nc1nc(Nc2ccccc2)nc(N2CCN(C)CC2)n1. The molecule has 2 aliphatic rings. The zero-order chi connectivity index (χ0) is 18.6. The van der Waals surface area contributed by atoms with Gasteiger partial charge in [-0.2, -0.15) is 19.9 Å². The van der Waals surface area contributed by atoms with Crippen molar-refractivity contribution in [3.8, 4) is 0 Å². The van der Waals surface area contributed by atoms with E-state index >= 15 is 0 Å². The van der Waals surface area contributed by atoms with E-state index in [0.717, 1.165) is 44.2 Å². The monoisotopic (exact) mass is 367 g/mol. The molecule has 2 aromatic rings. The lowest BCUT2D eigenvalue weighted by Crippen LogP contribution is -2.45. The molecule has 27 heavy (non-hydrogen) atoms. The van der Waals surface area contributed by atoms with Crippen LogP contribution in [0.15, 0.2) is 35.3 Å². The normalized spacial score (nSPS) is 22.1. The van der Waals surface area contributed by atoms with Gasteiger partial charge >= 0.3 is 0 Å². The second-order valence-corrected chi connectivity index (χ2v) is 6.94. The zero-order valence-electron chi connectivity index (χ0n) is 15.7. The molecular weight excluding hydrogens is 342 g/mol. The largest absolute Gasteiger partial charge is 0.338 e. The van der Waals surface area contributed by atoms with E-state index in [1.165, 1.54) is 0 Å². The van der Waals surface area contributed by atoms with E-state index < -0.39 is 0 Å². The number of piperazine rings is 1. The molecule has 1 atom stereocenters. The second kappa shape index (κ2) is 7.85. The first-order valence-corrected chi connectivity index (χ1v) is 9.26. The van der Waals surface area contributed by atoms with Gasteiger partial charge in [0.1, 0.15) is 5.84 Å². The van der Waals surface area contributed by atoms with Crippen LogP contribution in [0.2, 0.25) is 0 Å². The molecule has 0 amide bonds. The van der Waals surface area contributed by atoms with Gasteiger partial charge in [-0.25, -0.2) is 5.43 Å². The van der Waals surface area contributed by atoms with Crippen LogP contribution in [0.3, 0.4) is 0 Å². The molecule has 1 unspecified atom stereocenters. The first kappa shape index (κ1) is 17.6. The number of anilines is 3. The Kier molecular flexibility index (Phi) is 5.12. The zero-order valence-corrected chi connectivity index (χ0v) is 15.7.